The van der Waals surface area contributed by atoms with Crippen LogP contribution in [0.5, 0.6) is 0 Å². The highest BCUT2D eigenvalue weighted by Gasteiger charge is 2.23. The van der Waals surface area contributed by atoms with Gasteiger partial charge in [-0.1, -0.05) is 29.8 Å². The summed E-state index contributed by atoms with van der Waals surface area (Å²) in [6, 6.07) is 15.7. The number of pyridine rings is 2. The van der Waals surface area contributed by atoms with Crippen molar-refractivity contribution in [2.75, 3.05) is 0 Å². The predicted molar refractivity (Wildman–Crippen MR) is 126 cm³/mol. The molecular formula is C24H16ClN7O2. The summed E-state index contributed by atoms with van der Waals surface area (Å²) in [7, 11) is 1.53. The lowest BCUT2D eigenvalue weighted by molar-refractivity contribution is 0.599. The highest BCUT2D eigenvalue weighted by molar-refractivity contribution is 6.30. The zero-order valence-corrected chi connectivity index (χ0v) is 18.6. The fourth-order valence-corrected chi connectivity index (χ4v) is 3.96. The standard InChI is InChI=1S/C24H16ClN7O2/c1-30-23(33)21(16-3-5-18(25)6-4-16)20(17-8-10-27-11-9-17)22-29-31(24(34)32(22)30)14-15-2-7-19(12-26)28-13-15/h2-11,13H,14H2,1H3. The van der Waals surface area contributed by atoms with Crippen molar-refractivity contribution >= 4 is 17.2 Å². The first-order chi connectivity index (χ1) is 16.5. The van der Waals surface area contributed by atoms with Crippen LogP contribution in [0.15, 0.2) is 76.7 Å². The van der Waals surface area contributed by atoms with E-state index in [1.807, 2.05) is 6.07 Å². The van der Waals surface area contributed by atoms with Gasteiger partial charge in [0, 0.05) is 36.2 Å². The van der Waals surface area contributed by atoms with Crippen LogP contribution >= 0.6 is 11.6 Å². The van der Waals surface area contributed by atoms with Crippen LogP contribution in [0.3, 0.4) is 0 Å². The summed E-state index contributed by atoms with van der Waals surface area (Å²) >= 11 is 6.07. The van der Waals surface area contributed by atoms with Crippen molar-refractivity contribution < 1.29 is 0 Å². The summed E-state index contributed by atoms with van der Waals surface area (Å²) in [5.41, 5.74) is 2.72. The van der Waals surface area contributed by atoms with Gasteiger partial charge in [0.25, 0.3) is 5.56 Å². The third-order valence-electron chi connectivity index (χ3n) is 5.47. The molecule has 0 atom stereocenters. The largest absolute Gasteiger partial charge is 0.365 e. The average molecular weight is 470 g/mol. The Hall–Kier alpha value is -4.55. The van der Waals surface area contributed by atoms with Crippen molar-refractivity contribution in [1.29, 1.82) is 5.26 Å². The fraction of sp³-hybridized carbons (Fsp3) is 0.0833. The van der Waals surface area contributed by atoms with Gasteiger partial charge in [0.1, 0.15) is 11.8 Å². The molecule has 0 saturated carbocycles. The number of nitrogens with zero attached hydrogens (tertiary/aromatic N) is 7. The van der Waals surface area contributed by atoms with Gasteiger partial charge in [0.15, 0.2) is 5.65 Å². The van der Waals surface area contributed by atoms with Gasteiger partial charge in [-0.25, -0.2) is 19.1 Å². The van der Waals surface area contributed by atoms with Gasteiger partial charge >= 0.3 is 5.69 Å². The monoisotopic (exact) mass is 469 g/mol. The molecule has 10 heteroatoms. The van der Waals surface area contributed by atoms with Crippen molar-refractivity contribution in [3.05, 3.63) is 104 Å². The van der Waals surface area contributed by atoms with E-state index in [0.29, 0.717) is 38.5 Å². The number of hydrogen-bond donors (Lipinski definition) is 0. The van der Waals surface area contributed by atoms with E-state index >= 15 is 0 Å². The summed E-state index contributed by atoms with van der Waals surface area (Å²) in [5.74, 6) is 0. The number of halogens is 1. The van der Waals surface area contributed by atoms with Gasteiger partial charge in [-0.15, -0.1) is 5.10 Å². The van der Waals surface area contributed by atoms with Crippen molar-refractivity contribution in [1.82, 2.24) is 28.9 Å². The summed E-state index contributed by atoms with van der Waals surface area (Å²) in [6.45, 7) is 0.124. The molecule has 9 nitrogen and oxygen atoms in total. The Bertz CT molecular complexity index is 1680. The molecule has 0 saturated heterocycles. The molecule has 0 radical (unpaired) electrons. The van der Waals surface area contributed by atoms with E-state index in [2.05, 4.69) is 15.1 Å². The minimum Gasteiger partial charge on any atom is -0.267 e. The van der Waals surface area contributed by atoms with E-state index in [0.717, 1.165) is 0 Å². The Morgan fingerprint density at radius 2 is 1.68 bits per heavy atom. The maximum absolute atomic E-state index is 13.5. The maximum atomic E-state index is 13.5. The number of fused-ring (bicyclic) bond motifs is 1. The quantitative estimate of drug-likeness (QED) is 0.400. The number of rotatable bonds is 4. The molecule has 0 N–H and O–H groups in total. The molecule has 0 fully saturated rings. The molecule has 0 aliphatic rings. The second-order valence-corrected chi connectivity index (χ2v) is 8.00. The Kier molecular flexibility index (Phi) is 5.28. The predicted octanol–water partition coefficient (Wildman–Crippen LogP) is 2.89. The Balaban J connectivity index is 1.80. The lowest BCUT2D eigenvalue weighted by atomic mass is 9.97. The molecule has 4 aromatic heterocycles. The maximum Gasteiger partial charge on any atom is 0.365 e. The topological polar surface area (TPSA) is 111 Å². The van der Waals surface area contributed by atoms with Crippen LogP contribution < -0.4 is 11.2 Å². The average Bonchev–Trinajstić information content (AvgIpc) is 3.18. The third-order valence-corrected chi connectivity index (χ3v) is 5.72. The van der Waals surface area contributed by atoms with Crippen LogP contribution in [-0.4, -0.2) is 28.9 Å². The van der Waals surface area contributed by atoms with Gasteiger partial charge in [0.05, 0.1) is 12.1 Å². The zero-order chi connectivity index (χ0) is 23.8. The minimum absolute atomic E-state index is 0.124. The van der Waals surface area contributed by atoms with Crippen molar-refractivity contribution in [3.8, 4) is 28.3 Å². The summed E-state index contributed by atoms with van der Waals surface area (Å²) in [5, 5.41) is 14.1. The molecular weight excluding hydrogens is 454 g/mol. The van der Waals surface area contributed by atoms with Gasteiger partial charge in [0.2, 0.25) is 0 Å². The van der Waals surface area contributed by atoms with Gasteiger partial charge in [-0.3, -0.25) is 9.78 Å². The lowest BCUT2D eigenvalue weighted by Gasteiger charge is -2.13. The van der Waals surface area contributed by atoms with Crippen LogP contribution in [0, 0.1) is 11.3 Å². The van der Waals surface area contributed by atoms with E-state index < -0.39 is 5.69 Å². The highest BCUT2D eigenvalue weighted by atomic mass is 35.5. The van der Waals surface area contributed by atoms with Gasteiger partial charge < -0.3 is 0 Å². The molecule has 34 heavy (non-hydrogen) atoms. The first-order valence-corrected chi connectivity index (χ1v) is 10.6. The van der Waals surface area contributed by atoms with Crippen LogP contribution in [-0.2, 0) is 13.6 Å². The smallest absolute Gasteiger partial charge is 0.267 e. The molecule has 0 aliphatic carbocycles. The van der Waals surface area contributed by atoms with E-state index in [4.69, 9.17) is 16.9 Å². The molecule has 5 rings (SSSR count). The van der Waals surface area contributed by atoms with Gasteiger partial charge in [-0.2, -0.15) is 9.78 Å². The third kappa shape index (κ3) is 3.56. The summed E-state index contributed by atoms with van der Waals surface area (Å²) < 4.78 is 3.79. The number of aryl methyl sites for hydroxylation is 1. The second kappa shape index (κ2) is 8.42. The highest BCUT2D eigenvalue weighted by Crippen LogP contribution is 2.32. The number of nitriles is 1. The zero-order valence-electron chi connectivity index (χ0n) is 17.9. The molecule has 166 valence electrons. The van der Waals surface area contributed by atoms with E-state index in [9.17, 15) is 9.59 Å². The van der Waals surface area contributed by atoms with Crippen LogP contribution in [0.25, 0.3) is 27.9 Å². The summed E-state index contributed by atoms with van der Waals surface area (Å²) in [4.78, 5) is 35.0. The van der Waals surface area contributed by atoms with Crippen LogP contribution in [0.4, 0.5) is 0 Å². The summed E-state index contributed by atoms with van der Waals surface area (Å²) in [6.07, 6.45) is 4.76. The van der Waals surface area contributed by atoms with E-state index in [1.54, 1.807) is 60.9 Å². The SMILES string of the molecule is Cn1c(=O)c(-c2ccc(Cl)cc2)c(-c2ccncc2)c2nn(Cc3ccc(C#N)nc3)c(=O)n21. The molecule has 0 aliphatic heterocycles. The molecule has 0 bridgehead atoms. The molecule has 1 aromatic carbocycles. The number of benzene rings is 1. The van der Waals surface area contributed by atoms with E-state index in [-0.39, 0.29) is 17.8 Å². The molecule has 0 spiro atoms. The second-order valence-electron chi connectivity index (χ2n) is 7.56. The fourth-order valence-electron chi connectivity index (χ4n) is 3.83. The Morgan fingerprint density at radius 1 is 0.971 bits per heavy atom. The first-order valence-electron chi connectivity index (χ1n) is 10.2. The number of hydrogen-bond acceptors (Lipinski definition) is 6. The molecule has 4 heterocycles. The lowest BCUT2D eigenvalue weighted by Crippen LogP contribution is -2.33. The van der Waals surface area contributed by atoms with Crippen LogP contribution in [0.1, 0.15) is 11.3 Å². The Labute approximate surface area is 197 Å². The van der Waals surface area contributed by atoms with Crippen molar-refractivity contribution in [3.63, 3.8) is 0 Å². The first kappa shape index (κ1) is 21.3. The molecule has 5 aromatic rings. The minimum atomic E-state index is -0.475. The van der Waals surface area contributed by atoms with Crippen molar-refractivity contribution in [2.45, 2.75) is 6.54 Å². The normalized spacial score (nSPS) is 11.0. The van der Waals surface area contributed by atoms with E-state index in [1.165, 1.54) is 27.1 Å². The molecule has 0 amide bonds. The van der Waals surface area contributed by atoms with Crippen molar-refractivity contribution in [2.24, 2.45) is 7.05 Å². The Morgan fingerprint density at radius 3 is 2.32 bits per heavy atom. The number of aromatic nitrogens is 6. The molecule has 0 unspecified atom stereocenters. The van der Waals surface area contributed by atoms with Crippen LogP contribution in [0.2, 0.25) is 5.02 Å². The van der Waals surface area contributed by atoms with Gasteiger partial charge in [-0.05, 0) is 47.0 Å².